The second-order valence-electron chi connectivity index (χ2n) is 5.63. The highest BCUT2D eigenvalue weighted by Crippen LogP contribution is 2.28. The van der Waals surface area contributed by atoms with Crippen LogP contribution in [0.25, 0.3) is 0 Å². The molecule has 0 bridgehead atoms. The number of halogens is 2. The minimum absolute atomic E-state index is 0.0214. The van der Waals surface area contributed by atoms with Crippen molar-refractivity contribution in [3.05, 3.63) is 47.5 Å². The zero-order valence-electron chi connectivity index (χ0n) is 15.3. The van der Waals surface area contributed by atoms with Gasteiger partial charge in [0.05, 0.1) is 14.2 Å². The number of amides is 2. The predicted molar refractivity (Wildman–Crippen MR) is 98.1 cm³/mol. The quantitative estimate of drug-likeness (QED) is 0.727. The maximum atomic E-state index is 12.4. The summed E-state index contributed by atoms with van der Waals surface area (Å²) in [5.41, 5.74) is 1.79. The summed E-state index contributed by atoms with van der Waals surface area (Å²) >= 11 is 0. The smallest absolute Gasteiger partial charge is 0.387 e. The molecule has 0 radical (unpaired) electrons. The first-order chi connectivity index (χ1) is 12.9. The third kappa shape index (κ3) is 5.73. The van der Waals surface area contributed by atoms with Gasteiger partial charge in [0.25, 0.3) is 0 Å². The third-order valence-electron chi connectivity index (χ3n) is 3.90. The number of anilines is 1. The summed E-state index contributed by atoms with van der Waals surface area (Å²) in [4.78, 5) is 12.1. The molecular weight excluding hydrogens is 358 g/mol. The van der Waals surface area contributed by atoms with Crippen LogP contribution >= 0.6 is 0 Å². The number of hydrogen-bond acceptors (Lipinski definition) is 4. The fourth-order valence-corrected chi connectivity index (χ4v) is 2.50. The van der Waals surface area contributed by atoms with E-state index in [0.29, 0.717) is 35.7 Å². The summed E-state index contributed by atoms with van der Waals surface area (Å²) in [5.74, 6) is 1.27. The molecule has 0 saturated heterocycles. The molecule has 0 heterocycles. The van der Waals surface area contributed by atoms with E-state index in [0.717, 1.165) is 5.56 Å². The van der Waals surface area contributed by atoms with Crippen LogP contribution in [0.2, 0.25) is 0 Å². The minimum atomic E-state index is -2.92. The number of rotatable bonds is 8. The predicted octanol–water partition coefficient (Wildman–Crippen LogP) is 3.98. The highest BCUT2D eigenvalue weighted by Gasteiger charge is 2.12. The zero-order valence-corrected chi connectivity index (χ0v) is 15.3. The number of carbonyl (C=O) groups is 1. The average Bonchev–Trinajstić information content (AvgIpc) is 2.64. The van der Waals surface area contributed by atoms with E-state index in [1.807, 2.05) is 12.1 Å². The monoisotopic (exact) mass is 380 g/mol. The number of ether oxygens (including phenoxy) is 3. The number of benzene rings is 2. The molecule has 2 aromatic rings. The van der Waals surface area contributed by atoms with E-state index in [9.17, 15) is 13.6 Å². The van der Waals surface area contributed by atoms with Gasteiger partial charge in [-0.15, -0.1) is 0 Å². The maximum Gasteiger partial charge on any atom is 0.387 e. The molecule has 0 spiro atoms. The van der Waals surface area contributed by atoms with Gasteiger partial charge in [0.2, 0.25) is 0 Å². The van der Waals surface area contributed by atoms with Crippen molar-refractivity contribution in [2.24, 2.45) is 0 Å². The normalized spacial score (nSPS) is 10.4. The lowest BCUT2D eigenvalue weighted by molar-refractivity contribution is -0.0502. The molecule has 0 saturated carbocycles. The summed E-state index contributed by atoms with van der Waals surface area (Å²) < 4.78 is 39.6. The Morgan fingerprint density at radius 2 is 1.81 bits per heavy atom. The number of urea groups is 1. The number of alkyl halides is 2. The second kappa shape index (κ2) is 9.61. The van der Waals surface area contributed by atoms with Crippen molar-refractivity contribution in [3.63, 3.8) is 0 Å². The van der Waals surface area contributed by atoms with Gasteiger partial charge < -0.3 is 24.8 Å². The Morgan fingerprint density at radius 3 is 2.48 bits per heavy atom. The summed E-state index contributed by atoms with van der Waals surface area (Å²) in [6, 6.07) is 9.65. The van der Waals surface area contributed by atoms with E-state index in [4.69, 9.17) is 9.47 Å². The largest absolute Gasteiger partial charge is 0.493 e. The molecule has 0 aromatic heterocycles. The van der Waals surface area contributed by atoms with Gasteiger partial charge in [0, 0.05) is 17.8 Å². The van der Waals surface area contributed by atoms with Gasteiger partial charge in [-0.2, -0.15) is 8.78 Å². The third-order valence-corrected chi connectivity index (χ3v) is 3.90. The van der Waals surface area contributed by atoms with Crippen molar-refractivity contribution < 1.29 is 27.8 Å². The molecular formula is C19H22F2N2O4. The van der Waals surface area contributed by atoms with Crippen LogP contribution in [0.4, 0.5) is 19.3 Å². The second-order valence-corrected chi connectivity index (χ2v) is 5.63. The molecule has 8 heteroatoms. The summed E-state index contributed by atoms with van der Waals surface area (Å²) in [7, 11) is 3.12. The molecule has 27 heavy (non-hydrogen) atoms. The molecule has 0 unspecified atom stereocenters. The molecule has 0 fully saturated rings. The molecule has 2 aromatic carbocycles. The lowest BCUT2D eigenvalue weighted by Gasteiger charge is -2.14. The Balaban J connectivity index is 1.90. The van der Waals surface area contributed by atoms with Crippen molar-refractivity contribution in [2.75, 3.05) is 26.1 Å². The molecule has 2 amide bonds. The highest BCUT2D eigenvalue weighted by atomic mass is 19.3. The molecule has 0 aliphatic heterocycles. The van der Waals surface area contributed by atoms with Crippen LogP contribution < -0.4 is 24.8 Å². The van der Waals surface area contributed by atoms with Crippen molar-refractivity contribution in [3.8, 4) is 17.2 Å². The van der Waals surface area contributed by atoms with Crippen LogP contribution in [-0.2, 0) is 6.42 Å². The fourth-order valence-electron chi connectivity index (χ4n) is 2.50. The van der Waals surface area contributed by atoms with Gasteiger partial charge in [0.15, 0.2) is 11.5 Å². The van der Waals surface area contributed by atoms with Gasteiger partial charge in [-0.3, -0.25) is 0 Å². The first kappa shape index (κ1) is 20.3. The first-order valence-corrected chi connectivity index (χ1v) is 8.24. The number of hydrogen-bond donors (Lipinski definition) is 2. The molecule has 146 valence electrons. The van der Waals surface area contributed by atoms with Crippen LogP contribution in [0.15, 0.2) is 36.4 Å². The first-order valence-electron chi connectivity index (χ1n) is 8.24. The Hall–Kier alpha value is -3.03. The lowest BCUT2D eigenvalue weighted by atomic mass is 10.1. The topological polar surface area (TPSA) is 68.8 Å². The summed E-state index contributed by atoms with van der Waals surface area (Å²) in [6.07, 6.45) is 0.585. The van der Waals surface area contributed by atoms with E-state index in [1.54, 1.807) is 33.3 Å². The van der Waals surface area contributed by atoms with E-state index < -0.39 is 12.6 Å². The Morgan fingerprint density at radius 1 is 1.07 bits per heavy atom. The van der Waals surface area contributed by atoms with E-state index >= 15 is 0 Å². The van der Waals surface area contributed by atoms with Crippen molar-refractivity contribution in [1.29, 1.82) is 0 Å². The van der Waals surface area contributed by atoms with Gasteiger partial charge in [0.1, 0.15) is 5.75 Å². The average molecular weight is 380 g/mol. The number of nitrogens with one attached hydrogen (secondary N) is 2. The molecule has 6 nitrogen and oxygen atoms in total. The molecule has 0 aliphatic rings. The van der Waals surface area contributed by atoms with Crippen molar-refractivity contribution in [2.45, 2.75) is 20.0 Å². The SMILES string of the molecule is COc1ccc(CCNC(=O)Nc2cccc(OC(F)F)c2C)cc1OC. The van der Waals surface area contributed by atoms with E-state index in [2.05, 4.69) is 15.4 Å². The van der Waals surface area contributed by atoms with Gasteiger partial charge in [-0.1, -0.05) is 12.1 Å². The van der Waals surface area contributed by atoms with Gasteiger partial charge in [-0.25, -0.2) is 4.79 Å². The molecule has 2 N–H and O–H groups in total. The lowest BCUT2D eigenvalue weighted by Crippen LogP contribution is -2.30. The minimum Gasteiger partial charge on any atom is -0.493 e. The van der Waals surface area contributed by atoms with Gasteiger partial charge >= 0.3 is 12.6 Å². The molecule has 2 rings (SSSR count). The maximum absolute atomic E-state index is 12.4. The van der Waals surface area contributed by atoms with E-state index in [1.165, 1.54) is 12.1 Å². The summed E-state index contributed by atoms with van der Waals surface area (Å²) in [6.45, 7) is -0.945. The van der Waals surface area contributed by atoms with Crippen LogP contribution in [0.5, 0.6) is 17.2 Å². The van der Waals surface area contributed by atoms with Gasteiger partial charge in [-0.05, 0) is 43.2 Å². The summed E-state index contributed by atoms with van der Waals surface area (Å²) in [5, 5.41) is 5.35. The fraction of sp³-hybridized carbons (Fsp3) is 0.316. The molecule has 0 aliphatic carbocycles. The van der Waals surface area contributed by atoms with Crippen LogP contribution in [0, 0.1) is 6.92 Å². The number of methoxy groups -OCH3 is 2. The van der Waals surface area contributed by atoms with Crippen molar-refractivity contribution in [1.82, 2.24) is 5.32 Å². The van der Waals surface area contributed by atoms with Crippen LogP contribution in [-0.4, -0.2) is 33.4 Å². The molecule has 0 atom stereocenters. The Labute approximate surface area is 156 Å². The Bertz CT molecular complexity index is 784. The highest BCUT2D eigenvalue weighted by molar-refractivity contribution is 5.90. The van der Waals surface area contributed by atoms with E-state index in [-0.39, 0.29) is 5.75 Å². The zero-order chi connectivity index (χ0) is 19.8. The van der Waals surface area contributed by atoms with Crippen LogP contribution in [0.3, 0.4) is 0 Å². The standard InChI is InChI=1S/C19H22F2N2O4/c1-12-14(5-4-6-15(12)27-18(20)21)23-19(24)22-10-9-13-7-8-16(25-2)17(11-13)26-3/h4-8,11,18H,9-10H2,1-3H3,(H2,22,23,24). The Kier molecular flexibility index (Phi) is 7.22. The van der Waals surface area contributed by atoms with Crippen LogP contribution in [0.1, 0.15) is 11.1 Å². The van der Waals surface area contributed by atoms with Crippen molar-refractivity contribution >= 4 is 11.7 Å². The number of carbonyl (C=O) groups excluding carboxylic acids is 1.